The Hall–Kier alpha value is -1.56. The molecule has 1 aliphatic rings. The molecule has 19 heavy (non-hydrogen) atoms. The summed E-state index contributed by atoms with van der Waals surface area (Å²) in [5, 5.41) is 2.62. The zero-order chi connectivity index (χ0) is 14.0. The minimum absolute atomic E-state index is 0.211. The van der Waals surface area contributed by atoms with Crippen molar-refractivity contribution in [1.29, 1.82) is 0 Å². The van der Waals surface area contributed by atoms with Crippen LogP contribution >= 0.6 is 0 Å². The number of hydrogen-bond acceptors (Lipinski definition) is 2. The first-order chi connectivity index (χ1) is 8.98. The van der Waals surface area contributed by atoms with Gasteiger partial charge >= 0.3 is 0 Å². The molecule has 3 nitrogen and oxygen atoms in total. The van der Waals surface area contributed by atoms with E-state index in [-0.39, 0.29) is 17.9 Å². The van der Waals surface area contributed by atoms with Crippen molar-refractivity contribution < 1.29 is 18.0 Å². The fourth-order valence-corrected chi connectivity index (χ4v) is 2.15. The highest BCUT2D eigenvalue weighted by Gasteiger charge is 2.49. The van der Waals surface area contributed by atoms with Gasteiger partial charge in [0, 0.05) is 24.1 Å². The Kier molecular flexibility index (Phi) is 3.80. The smallest absolute Gasteiger partial charge is 0.220 e. The molecular formula is C13H15F3N2O. The summed E-state index contributed by atoms with van der Waals surface area (Å²) in [7, 11) is 0. The second-order valence-electron chi connectivity index (χ2n) is 4.77. The average Bonchev–Trinajstić information content (AvgIpc) is 3.05. The Morgan fingerprint density at radius 3 is 2.32 bits per heavy atom. The molecule has 1 amide bonds. The lowest BCUT2D eigenvalue weighted by molar-refractivity contribution is -0.122. The molecule has 2 rings (SSSR count). The van der Waals surface area contributed by atoms with Gasteiger partial charge in [0.2, 0.25) is 5.91 Å². The van der Waals surface area contributed by atoms with E-state index in [0.29, 0.717) is 37.9 Å². The summed E-state index contributed by atoms with van der Waals surface area (Å²) in [6, 6.07) is 1.26. The lowest BCUT2D eigenvalue weighted by Crippen LogP contribution is -2.36. The van der Waals surface area contributed by atoms with Gasteiger partial charge in [0.1, 0.15) is 17.5 Å². The predicted octanol–water partition coefficient (Wildman–Crippen LogP) is 1.95. The highest BCUT2D eigenvalue weighted by atomic mass is 19.1. The summed E-state index contributed by atoms with van der Waals surface area (Å²) in [5.41, 5.74) is 4.02. The average molecular weight is 272 g/mol. The fourth-order valence-electron chi connectivity index (χ4n) is 2.15. The van der Waals surface area contributed by atoms with Crippen LogP contribution in [-0.2, 0) is 10.3 Å². The minimum Gasteiger partial charge on any atom is -0.346 e. The topological polar surface area (TPSA) is 55.1 Å². The van der Waals surface area contributed by atoms with Gasteiger partial charge in [0.05, 0.1) is 5.54 Å². The van der Waals surface area contributed by atoms with E-state index in [1.165, 1.54) is 0 Å². The van der Waals surface area contributed by atoms with Crippen molar-refractivity contribution in [2.45, 2.75) is 31.2 Å². The van der Waals surface area contributed by atoms with Crippen LogP contribution in [0.25, 0.3) is 0 Å². The van der Waals surface area contributed by atoms with Gasteiger partial charge in [0.25, 0.3) is 0 Å². The Bertz CT molecular complexity index is 478. The minimum atomic E-state index is -1.02. The number of halogens is 3. The van der Waals surface area contributed by atoms with Gasteiger partial charge in [-0.05, 0) is 25.8 Å². The Balaban J connectivity index is 2.19. The van der Waals surface area contributed by atoms with Gasteiger partial charge in [-0.3, -0.25) is 4.79 Å². The molecular weight excluding hydrogens is 257 g/mol. The fraction of sp³-hybridized carbons (Fsp3) is 0.462. The van der Waals surface area contributed by atoms with Crippen LogP contribution in [0.2, 0.25) is 0 Å². The molecule has 0 heterocycles. The molecule has 104 valence electrons. The molecule has 3 N–H and O–H groups in total. The zero-order valence-corrected chi connectivity index (χ0v) is 10.3. The second kappa shape index (κ2) is 5.21. The van der Waals surface area contributed by atoms with Crippen LogP contribution in [0.3, 0.4) is 0 Å². The normalized spacial score (nSPS) is 16.2. The van der Waals surface area contributed by atoms with E-state index in [9.17, 15) is 18.0 Å². The maximum Gasteiger partial charge on any atom is 0.220 e. The molecule has 0 aromatic heterocycles. The molecule has 0 atom stereocenters. The number of nitrogens with two attached hydrogens (primary N) is 1. The summed E-state index contributed by atoms with van der Waals surface area (Å²) in [4.78, 5) is 11.6. The summed E-state index contributed by atoms with van der Waals surface area (Å²) in [6.07, 6.45) is 1.61. The molecule has 1 aliphatic carbocycles. The van der Waals surface area contributed by atoms with Gasteiger partial charge in [-0.1, -0.05) is 0 Å². The van der Waals surface area contributed by atoms with Crippen molar-refractivity contribution in [3.8, 4) is 0 Å². The third-order valence-corrected chi connectivity index (χ3v) is 3.22. The van der Waals surface area contributed by atoms with E-state index in [1.807, 2.05) is 0 Å². The monoisotopic (exact) mass is 272 g/mol. The third-order valence-electron chi connectivity index (χ3n) is 3.22. The molecule has 0 saturated heterocycles. The van der Waals surface area contributed by atoms with Crippen molar-refractivity contribution in [3.05, 3.63) is 35.1 Å². The third kappa shape index (κ3) is 2.89. The standard InChI is InChI=1S/C13H15F3N2O/c14-8-6-9(15)12(10(16)7-8)13(3-4-13)18-11(19)2-1-5-17/h6-7H,1-5,17H2,(H,18,19). The van der Waals surface area contributed by atoms with Crippen LogP contribution in [0.1, 0.15) is 31.2 Å². The van der Waals surface area contributed by atoms with Crippen molar-refractivity contribution in [1.82, 2.24) is 5.32 Å². The van der Waals surface area contributed by atoms with Crippen LogP contribution in [-0.4, -0.2) is 12.5 Å². The summed E-state index contributed by atoms with van der Waals surface area (Å²) < 4.78 is 40.3. The highest BCUT2D eigenvalue weighted by Crippen LogP contribution is 2.47. The largest absolute Gasteiger partial charge is 0.346 e. The van der Waals surface area contributed by atoms with Gasteiger partial charge in [0.15, 0.2) is 0 Å². The van der Waals surface area contributed by atoms with E-state index in [4.69, 9.17) is 5.73 Å². The molecule has 0 aliphatic heterocycles. The highest BCUT2D eigenvalue weighted by molar-refractivity contribution is 5.77. The summed E-state index contributed by atoms with van der Waals surface area (Å²) >= 11 is 0. The van der Waals surface area contributed by atoms with E-state index < -0.39 is 23.0 Å². The molecule has 0 radical (unpaired) electrons. The van der Waals surface area contributed by atoms with Crippen LogP contribution in [0.4, 0.5) is 13.2 Å². The SMILES string of the molecule is NCCCC(=O)NC1(c2c(F)cc(F)cc2F)CC1. The lowest BCUT2D eigenvalue weighted by Gasteiger charge is -2.19. The number of benzene rings is 1. The molecule has 1 aromatic rings. The van der Waals surface area contributed by atoms with Crippen LogP contribution in [0, 0.1) is 17.5 Å². The Morgan fingerprint density at radius 2 is 1.84 bits per heavy atom. The Labute approximate surface area is 109 Å². The van der Waals surface area contributed by atoms with Crippen molar-refractivity contribution >= 4 is 5.91 Å². The van der Waals surface area contributed by atoms with E-state index in [0.717, 1.165) is 0 Å². The van der Waals surface area contributed by atoms with Crippen molar-refractivity contribution in [2.75, 3.05) is 6.54 Å². The quantitative estimate of drug-likeness (QED) is 0.860. The molecule has 1 aromatic carbocycles. The second-order valence-corrected chi connectivity index (χ2v) is 4.77. The van der Waals surface area contributed by atoms with E-state index in [1.54, 1.807) is 0 Å². The molecule has 1 saturated carbocycles. The first-order valence-electron chi connectivity index (χ1n) is 6.14. The number of carbonyl (C=O) groups excluding carboxylic acids is 1. The van der Waals surface area contributed by atoms with E-state index >= 15 is 0 Å². The summed E-state index contributed by atoms with van der Waals surface area (Å²) in [6.45, 7) is 0.375. The van der Waals surface area contributed by atoms with Gasteiger partial charge in [-0.25, -0.2) is 13.2 Å². The number of hydrogen-bond donors (Lipinski definition) is 2. The number of nitrogens with one attached hydrogen (secondary N) is 1. The maximum atomic E-state index is 13.7. The van der Waals surface area contributed by atoms with Gasteiger partial charge in [-0.15, -0.1) is 0 Å². The molecule has 0 bridgehead atoms. The molecule has 0 spiro atoms. The molecule has 1 fully saturated rings. The number of amides is 1. The van der Waals surface area contributed by atoms with Crippen molar-refractivity contribution in [3.63, 3.8) is 0 Å². The predicted molar refractivity (Wildman–Crippen MR) is 63.7 cm³/mol. The van der Waals surface area contributed by atoms with Crippen LogP contribution in [0.5, 0.6) is 0 Å². The van der Waals surface area contributed by atoms with E-state index in [2.05, 4.69) is 5.32 Å². The van der Waals surface area contributed by atoms with Crippen LogP contribution < -0.4 is 11.1 Å². The number of rotatable bonds is 5. The molecule has 0 unspecified atom stereocenters. The first kappa shape index (κ1) is 13.9. The number of carbonyl (C=O) groups is 1. The first-order valence-corrected chi connectivity index (χ1v) is 6.14. The van der Waals surface area contributed by atoms with Gasteiger partial charge < -0.3 is 11.1 Å². The van der Waals surface area contributed by atoms with Crippen molar-refractivity contribution in [2.24, 2.45) is 5.73 Å². The Morgan fingerprint density at radius 1 is 1.26 bits per heavy atom. The maximum absolute atomic E-state index is 13.7. The van der Waals surface area contributed by atoms with Crippen LogP contribution in [0.15, 0.2) is 12.1 Å². The lowest BCUT2D eigenvalue weighted by atomic mass is 10.0. The zero-order valence-electron chi connectivity index (χ0n) is 10.3. The van der Waals surface area contributed by atoms with Gasteiger partial charge in [-0.2, -0.15) is 0 Å². The summed E-state index contributed by atoms with van der Waals surface area (Å²) in [5.74, 6) is -3.20. The molecule has 6 heteroatoms.